The van der Waals surface area contributed by atoms with Crippen LogP contribution in [0.1, 0.15) is 37.3 Å². The van der Waals surface area contributed by atoms with E-state index in [9.17, 15) is 18.0 Å². The SMILES string of the molecule is CC(C)c1ccc(N2C(=O)CC(N(Cc3ccccc3)S(=O)(=O)c3ccc4ccccc4c3)C2=O)cc1. The Morgan fingerprint density at radius 1 is 0.838 bits per heavy atom. The van der Waals surface area contributed by atoms with Gasteiger partial charge in [-0.2, -0.15) is 4.31 Å². The fourth-order valence-corrected chi connectivity index (χ4v) is 6.32. The second-order valence-corrected chi connectivity index (χ2v) is 11.5. The molecule has 0 saturated carbocycles. The molecule has 0 aliphatic carbocycles. The number of fused-ring (bicyclic) bond motifs is 1. The number of rotatable bonds is 7. The zero-order chi connectivity index (χ0) is 26.2. The van der Waals surface area contributed by atoms with Crippen molar-refractivity contribution in [1.82, 2.24) is 4.31 Å². The van der Waals surface area contributed by atoms with Crippen LogP contribution in [0.5, 0.6) is 0 Å². The highest BCUT2D eigenvalue weighted by atomic mass is 32.2. The summed E-state index contributed by atoms with van der Waals surface area (Å²) < 4.78 is 29.2. The molecule has 1 atom stereocenters. The van der Waals surface area contributed by atoms with Gasteiger partial charge in [0.05, 0.1) is 17.0 Å². The number of hydrogen-bond acceptors (Lipinski definition) is 4. The predicted molar refractivity (Wildman–Crippen MR) is 145 cm³/mol. The van der Waals surface area contributed by atoms with Crippen LogP contribution in [0, 0.1) is 0 Å². The van der Waals surface area contributed by atoms with Gasteiger partial charge in [0.25, 0.3) is 5.91 Å². The summed E-state index contributed by atoms with van der Waals surface area (Å²) in [7, 11) is -4.12. The Morgan fingerprint density at radius 3 is 2.16 bits per heavy atom. The lowest BCUT2D eigenvalue weighted by molar-refractivity contribution is -0.122. The number of imide groups is 1. The zero-order valence-electron chi connectivity index (χ0n) is 20.7. The first-order chi connectivity index (χ1) is 17.8. The van der Waals surface area contributed by atoms with Gasteiger partial charge in [-0.3, -0.25) is 9.59 Å². The number of carbonyl (C=O) groups is 2. The Labute approximate surface area is 217 Å². The fourth-order valence-electron chi connectivity index (χ4n) is 4.71. The Kier molecular flexibility index (Phi) is 6.67. The zero-order valence-corrected chi connectivity index (χ0v) is 21.6. The van der Waals surface area contributed by atoms with E-state index < -0.39 is 27.9 Å². The van der Waals surface area contributed by atoms with Crippen molar-refractivity contribution >= 4 is 38.3 Å². The number of sulfonamides is 1. The second kappa shape index (κ2) is 9.92. The molecule has 4 aromatic carbocycles. The molecule has 1 aliphatic rings. The number of amides is 2. The second-order valence-electron chi connectivity index (χ2n) is 9.58. The van der Waals surface area contributed by atoms with Gasteiger partial charge in [-0.15, -0.1) is 0 Å². The van der Waals surface area contributed by atoms with Crippen molar-refractivity contribution in [2.24, 2.45) is 0 Å². The highest BCUT2D eigenvalue weighted by Gasteiger charge is 2.47. The van der Waals surface area contributed by atoms with Crippen LogP contribution in [-0.2, 0) is 26.2 Å². The lowest BCUT2D eigenvalue weighted by Crippen LogP contribution is -2.45. The van der Waals surface area contributed by atoms with Gasteiger partial charge in [0.2, 0.25) is 15.9 Å². The molecule has 1 saturated heterocycles. The predicted octanol–water partition coefficient (Wildman–Crippen LogP) is 5.49. The molecule has 4 aromatic rings. The van der Waals surface area contributed by atoms with Gasteiger partial charge in [-0.05, 0) is 52.1 Å². The molecule has 37 heavy (non-hydrogen) atoms. The van der Waals surface area contributed by atoms with E-state index in [1.54, 1.807) is 30.3 Å². The third-order valence-electron chi connectivity index (χ3n) is 6.80. The van der Waals surface area contributed by atoms with Crippen LogP contribution < -0.4 is 4.90 Å². The first kappa shape index (κ1) is 24.9. The lowest BCUT2D eigenvalue weighted by Gasteiger charge is -2.27. The molecule has 6 nitrogen and oxygen atoms in total. The summed E-state index contributed by atoms with van der Waals surface area (Å²) in [6.45, 7) is 4.10. The third-order valence-corrected chi connectivity index (χ3v) is 8.65. The summed E-state index contributed by atoms with van der Waals surface area (Å²) in [5, 5.41) is 1.70. The molecule has 7 heteroatoms. The molecule has 1 fully saturated rings. The summed E-state index contributed by atoms with van der Waals surface area (Å²) in [4.78, 5) is 27.9. The third kappa shape index (κ3) is 4.80. The van der Waals surface area contributed by atoms with E-state index in [1.807, 2.05) is 66.7 Å². The standard InChI is InChI=1S/C30H28N2O4S/c1-21(2)23-12-15-26(16-13-23)32-29(33)19-28(30(32)34)31(20-22-8-4-3-5-9-22)37(35,36)27-17-14-24-10-6-7-11-25(24)18-27/h3-18,21,28H,19-20H2,1-2H3. The summed E-state index contributed by atoms with van der Waals surface area (Å²) in [5.41, 5.74) is 2.26. The minimum atomic E-state index is -4.12. The molecule has 2 amide bonds. The van der Waals surface area contributed by atoms with E-state index in [0.717, 1.165) is 26.8 Å². The maximum Gasteiger partial charge on any atom is 0.252 e. The molecule has 0 aromatic heterocycles. The summed E-state index contributed by atoms with van der Waals surface area (Å²) in [6.07, 6.45) is -0.218. The van der Waals surface area contributed by atoms with Gasteiger partial charge in [-0.1, -0.05) is 86.6 Å². The van der Waals surface area contributed by atoms with E-state index in [4.69, 9.17) is 0 Å². The van der Waals surface area contributed by atoms with Crippen molar-refractivity contribution in [1.29, 1.82) is 0 Å². The van der Waals surface area contributed by atoms with E-state index in [1.165, 1.54) is 4.31 Å². The highest BCUT2D eigenvalue weighted by Crippen LogP contribution is 2.32. The molecular weight excluding hydrogens is 484 g/mol. The van der Waals surface area contributed by atoms with Crippen LogP contribution in [0.4, 0.5) is 5.69 Å². The summed E-state index contributed by atoms with van der Waals surface area (Å²) >= 11 is 0. The van der Waals surface area contributed by atoms with E-state index in [0.29, 0.717) is 11.6 Å². The topological polar surface area (TPSA) is 74.8 Å². The smallest absolute Gasteiger partial charge is 0.252 e. The van der Waals surface area contributed by atoms with E-state index >= 15 is 0 Å². The van der Waals surface area contributed by atoms with Gasteiger partial charge in [0, 0.05) is 6.54 Å². The number of anilines is 1. The molecule has 188 valence electrons. The van der Waals surface area contributed by atoms with Gasteiger partial charge >= 0.3 is 0 Å². The van der Waals surface area contributed by atoms with Gasteiger partial charge in [0.1, 0.15) is 6.04 Å². The number of nitrogens with zero attached hydrogens (tertiary/aromatic N) is 2. The Bertz CT molecular complexity index is 1560. The van der Waals surface area contributed by atoms with Crippen LogP contribution in [0.3, 0.4) is 0 Å². The largest absolute Gasteiger partial charge is 0.274 e. The number of hydrogen-bond donors (Lipinski definition) is 0. The monoisotopic (exact) mass is 512 g/mol. The van der Waals surface area contributed by atoms with Crippen LogP contribution in [0.25, 0.3) is 10.8 Å². The molecule has 1 unspecified atom stereocenters. The molecule has 0 spiro atoms. The van der Waals surface area contributed by atoms with Gasteiger partial charge < -0.3 is 0 Å². The van der Waals surface area contributed by atoms with E-state index in [-0.39, 0.29) is 17.9 Å². The maximum absolute atomic E-state index is 14.0. The summed E-state index contributed by atoms with van der Waals surface area (Å²) in [6, 6.07) is 27.7. The van der Waals surface area contributed by atoms with Crippen LogP contribution in [0.15, 0.2) is 102 Å². The van der Waals surface area contributed by atoms with Crippen molar-refractivity contribution in [3.8, 4) is 0 Å². The molecule has 5 rings (SSSR count). The van der Waals surface area contributed by atoms with Crippen molar-refractivity contribution in [3.05, 3.63) is 108 Å². The molecule has 0 bridgehead atoms. The number of benzene rings is 4. The minimum absolute atomic E-state index is 0.0280. The van der Waals surface area contributed by atoms with Crippen LogP contribution in [0.2, 0.25) is 0 Å². The Hall–Kier alpha value is -3.81. The maximum atomic E-state index is 14.0. The molecular formula is C30H28N2O4S. The first-order valence-corrected chi connectivity index (χ1v) is 13.7. The minimum Gasteiger partial charge on any atom is -0.274 e. The lowest BCUT2D eigenvalue weighted by atomic mass is 10.0. The average Bonchev–Trinajstić information content (AvgIpc) is 3.20. The average molecular weight is 513 g/mol. The molecule has 0 radical (unpaired) electrons. The normalized spacial score (nSPS) is 16.3. The molecule has 1 aliphatic heterocycles. The summed E-state index contributed by atoms with van der Waals surface area (Å²) in [5.74, 6) is -0.651. The van der Waals surface area contributed by atoms with E-state index in [2.05, 4.69) is 13.8 Å². The fraction of sp³-hybridized carbons (Fsp3) is 0.200. The number of carbonyl (C=O) groups excluding carboxylic acids is 2. The van der Waals surface area contributed by atoms with Crippen molar-refractivity contribution in [3.63, 3.8) is 0 Å². The van der Waals surface area contributed by atoms with Crippen LogP contribution in [-0.4, -0.2) is 30.6 Å². The highest BCUT2D eigenvalue weighted by molar-refractivity contribution is 7.89. The van der Waals surface area contributed by atoms with Crippen molar-refractivity contribution in [2.75, 3.05) is 4.90 Å². The molecule has 0 N–H and O–H groups in total. The first-order valence-electron chi connectivity index (χ1n) is 12.3. The van der Waals surface area contributed by atoms with Crippen LogP contribution >= 0.6 is 0 Å². The molecule has 1 heterocycles. The quantitative estimate of drug-likeness (QED) is 0.307. The van der Waals surface area contributed by atoms with Gasteiger partial charge in [-0.25, -0.2) is 13.3 Å². The van der Waals surface area contributed by atoms with Crippen molar-refractivity contribution < 1.29 is 18.0 Å². The van der Waals surface area contributed by atoms with Gasteiger partial charge in [0.15, 0.2) is 0 Å². The van der Waals surface area contributed by atoms with Crippen molar-refractivity contribution in [2.45, 2.75) is 43.7 Å². The Balaban J connectivity index is 1.54. The Morgan fingerprint density at radius 2 is 1.49 bits per heavy atom.